The highest BCUT2D eigenvalue weighted by Crippen LogP contribution is 2.27. The van der Waals surface area contributed by atoms with Crippen molar-refractivity contribution in [2.24, 2.45) is 16.5 Å². The van der Waals surface area contributed by atoms with Crippen LogP contribution in [0, 0.1) is 0 Å². The summed E-state index contributed by atoms with van der Waals surface area (Å²) in [6.45, 7) is 8.78. The topological polar surface area (TPSA) is 322 Å². The first-order chi connectivity index (χ1) is 39.4. The molecule has 0 spiro atoms. The standard InChI is InChI=1S/C61H80N12O9/c1-5-52(75)65-37-38-69-59(80)73-58(63)68-34-13-20-50(55(77)70-40-42-23-31-48(74)32-24-42)71-57(79)53(45-17-10-7-11-18-45)46-27-29-47(30-28-46)64-35-14-36-66-54(76)49(62)19-12-33-67-56(78)51(72-60(81)82-61(2,3)4)39-41-21-25-44(26-22-41)43-15-8-6-9-16-43/h6-11,15-18,21-32,49-51,53,64,74H,5,12-14,19-20,33-40,62H2,1-4H3,(H,65,75)(H,66,76)(H,67,78)(H,70,77)(H,71,79)(H,72,81)(H4,63,68,69,73,80)/t49-,50-,51-,53?/m1/s1. The minimum absolute atomic E-state index is 0.0855. The van der Waals surface area contributed by atoms with E-state index < -0.39 is 53.6 Å². The Morgan fingerprint density at radius 1 is 0.585 bits per heavy atom. The third kappa shape index (κ3) is 23.4. The number of nitrogens with two attached hydrogens (primary N) is 2. The summed E-state index contributed by atoms with van der Waals surface area (Å²) in [5.74, 6) is -2.54. The second-order valence-electron chi connectivity index (χ2n) is 20.5. The molecule has 0 saturated heterocycles. The van der Waals surface area contributed by atoms with Gasteiger partial charge in [-0.15, -0.1) is 0 Å². The van der Waals surface area contributed by atoms with Crippen molar-refractivity contribution >= 4 is 53.3 Å². The van der Waals surface area contributed by atoms with Crippen LogP contribution in [0.25, 0.3) is 11.1 Å². The molecular formula is C61H80N12O9. The number of aliphatic imine (C=N–C) groups is 1. The molecule has 0 aliphatic carbocycles. The summed E-state index contributed by atoms with van der Waals surface area (Å²) in [5.41, 5.74) is 17.3. The summed E-state index contributed by atoms with van der Waals surface area (Å²) >= 11 is 0. The van der Waals surface area contributed by atoms with E-state index in [0.717, 1.165) is 27.9 Å². The number of carbonyl (C=O) groups excluding carboxylic acids is 7. The number of amides is 8. The van der Waals surface area contributed by atoms with Gasteiger partial charge in [0.1, 0.15) is 23.4 Å². The maximum absolute atomic E-state index is 14.4. The quantitative estimate of drug-likeness (QED) is 0.0161. The molecule has 4 atom stereocenters. The average Bonchev–Trinajstić information content (AvgIpc) is 3.60. The maximum Gasteiger partial charge on any atom is 0.408 e. The molecule has 438 valence electrons. The Morgan fingerprint density at radius 2 is 1.18 bits per heavy atom. The van der Waals surface area contributed by atoms with Crippen LogP contribution < -0.4 is 59.3 Å². The van der Waals surface area contributed by atoms with Crippen LogP contribution in [0.1, 0.15) is 94.4 Å². The number of phenolic OH excluding ortho intramolecular Hbond substituents is 1. The van der Waals surface area contributed by atoms with Crippen molar-refractivity contribution in [1.29, 1.82) is 0 Å². The van der Waals surface area contributed by atoms with Gasteiger partial charge < -0.3 is 63.8 Å². The first kappa shape index (κ1) is 63.8. The molecule has 14 N–H and O–H groups in total. The molecule has 1 unspecified atom stereocenters. The van der Waals surface area contributed by atoms with Gasteiger partial charge in [0.2, 0.25) is 29.5 Å². The van der Waals surface area contributed by atoms with E-state index in [1.807, 2.05) is 109 Å². The van der Waals surface area contributed by atoms with Crippen molar-refractivity contribution in [2.45, 2.75) is 109 Å². The fourth-order valence-electron chi connectivity index (χ4n) is 8.39. The van der Waals surface area contributed by atoms with Crippen molar-refractivity contribution in [3.05, 3.63) is 156 Å². The molecule has 0 heterocycles. The van der Waals surface area contributed by atoms with E-state index in [1.54, 1.807) is 39.8 Å². The molecule has 5 aromatic carbocycles. The number of nitrogens with zero attached hydrogens (tertiary/aromatic N) is 1. The summed E-state index contributed by atoms with van der Waals surface area (Å²) in [5, 5.41) is 35.1. The number of urea groups is 1. The number of rotatable bonds is 30. The number of guanidine groups is 1. The number of carbonyl (C=O) groups is 7. The van der Waals surface area contributed by atoms with Crippen molar-refractivity contribution in [1.82, 2.24) is 42.5 Å². The van der Waals surface area contributed by atoms with Crippen molar-refractivity contribution in [3.8, 4) is 16.9 Å². The SMILES string of the molecule is CCC(=O)NCCNC(=O)NC(N)=NCCC[C@@H](NC(=O)C(c1ccccc1)c1ccc(NCCCNC(=O)[C@H](N)CCCNC(=O)[C@@H](Cc2ccc(-c3ccccc3)cc2)NC(=O)OC(C)(C)C)cc1)C(=O)NCc1ccc(O)cc1. The van der Waals surface area contributed by atoms with Gasteiger partial charge in [0.05, 0.1) is 12.0 Å². The lowest BCUT2D eigenvalue weighted by molar-refractivity contribution is -0.129. The Balaban J connectivity index is 1.09. The normalized spacial score (nSPS) is 12.7. The molecule has 0 saturated carbocycles. The van der Waals surface area contributed by atoms with Crippen molar-refractivity contribution in [3.63, 3.8) is 0 Å². The molecule has 21 nitrogen and oxygen atoms in total. The van der Waals surface area contributed by atoms with Crippen LogP contribution in [0.5, 0.6) is 5.75 Å². The zero-order valence-electron chi connectivity index (χ0n) is 47.2. The highest BCUT2D eigenvalue weighted by molar-refractivity contribution is 5.95. The second-order valence-corrected chi connectivity index (χ2v) is 20.5. The lowest BCUT2D eigenvalue weighted by atomic mass is 9.90. The van der Waals surface area contributed by atoms with Gasteiger partial charge in [-0.2, -0.15) is 0 Å². The zero-order valence-corrected chi connectivity index (χ0v) is 47.2. The minimum Gasteiger partial charge on any atom is -0.508 e. The predicted molar refractivity (Wildman–Crippen MR) is 317 cm³/mol. The van der Waals surface area contributed by atoms with Crippen molar-refractivity contribution in [2.75, 3.05) is 44.6 Å². The molecule has 21 heteroatoms. The number of ether oxygens (including phenoxy) is 1. The smallest absolute Gasteiger partial charge is 0.408 e. The van der Waals surface area contributed by atoms with Gasteiger partial charge in [-0.25, -0.2) is 9.59 Å². The third-order valence-electron chi connectivity index (χ3n) is 12.7. The predicted octanol–water partition coefficient (Wildman–Crippen LogP) is 5.19. The molecule has 5 rings (SSSR count). The lowest BCUT2D eigenvalue weighted by Crippen LogP contribution is -2.49. The van der Waals surface area contributed by atoms with Crippen LogP contribution in [0.3, 0.4) is 0 Å². The lowest BCUT2D eigenvalue weighted by Gasteiger charge is -2.23. The van der Waals surface area contributed by atoms with Crippen LogP contribution in [-0.4, -0.2) is 116 Å². The monoisotopic (exact) mass is 1120 g/mol. The van der Waals surface area contributed by atoms with Crippen LogP contribution >= 0.6 is 0 Å². The minimum atomic E-state index is -0.985. The van der Waals surface area contributed by atoms with Crippen LogP contribution in [0.15, 0.2) is 138 Å². The van der Waals surface area contributed by atoms with Gasteiger partial charge in [-0.05, 0) is 111 Å². The maximum atomic E-state index is 14.4. The van der Waals surface area contributed by atoms with Gasteiger partial charge in [0.15, 0.2) is 5.96 Å². The Bertz CT molecular complexity index is 2850. The number of hydrogen-bond donors (Lipinski definition) is 12. The van der Waals surface area contributed by atoms with Crippen LogP contribution in [0.2, 0.25) is 0 Å². The molecular weight excluding hydrogens is 1040 g/mol. The Hall–Kier alpha value is -8.98. The van der Waals surface area contributed by atoms with E-state index in [4.69, 9.17) is 16.2 Å². The second kappa shape index (κ2) is 33.6. The van der Waals surface area contributed by atoms with Gasteiger partial charge in [0.25, 0.3) is 0 Å². The number of aromatic hydroxyl groups is 1. The Morgan fingerprint density at radius 3 is 1.85 bits per heavy atom. The van der Waals surface area contributed by atoms with E-state index in [9.17, 15) is 38.7 Å². The third-order valence-corrected chi connectivity index (χ3v) is 12.7. The van der Waals surface area contributed by atoms with E-state index in [1.165, 1.54) is 12.1 Å². The number of hydrogen-bond acceptors (Lipinski definition) is 12. The molecule has 0 fully saturated rings. The fraction of sp³-hybridized carbons (Fsp3) is 0.377. The molecule has 0 radical (unpaired) electrons. The zero-order chi connectivity index (χ0) is 59.3. The number of nitrogens with one attached hydrogen (secondary N) is 9. The highest BCUT2D eigenvalue weighted by Gasteiger charge is 2.29. The van der Waals surface area contributed by atoms with Crippen molar-refractivity contribution < 1.29 is 43.4 Å². The van der Waals surface area contributed by atoms with Crippen LogP contribution in [0.4, 0.5) is 15.3 Å². The number of alkyl carbamates (subject to hydrolysis) is 1. The summed E-state index contributed by atoms with van der Waals surface area (Å²) in [6, 6.07) is 37.4. The Labute approximate surface area is 480 Å². The molecule has 0 aromatic heterocycles. The van der Waals surface area contributed by atoms with Crippen LogP contribution in [-0.2, 0) is 41.7 Å². The first-order valence-electron chi connectivity index (χ1n) is 27.7. The van der Waals surface area contributed by atoms with E-state index in [2.05, 4.69) is 52.8 Å². The Kier molecular flexibility index (Phi) is 26.1. The van der Waals surface area contributed by atoms with Gasteiger partial charge >= 0.3 is 12.1 Å². The molecule has 8 amide bonds. The van der Waals surface area contributed by atoms with E-state index in [0.29, 0.717) is 56.3 Å². The van der Waals surface area contributed by atoms with E-state index in [-0.39, 0.29) is 75.0 Å². The van der Waals surface area contributed by atoms with Gasteiger partial charge in [0, 0.05) is 64.3 Å². The first-order valence-corrected chi connectivity index (χ1v) is 27.7. The summed E-state index contributed by atoms with van der Waals surface area (Å²) < 4.78 is 5.45. The fourth-order valence-corrected chi connectivity index (χ4v) is 8.39. The largest absolute Gasteiger partial charge is 0.508 e. The van der Waals surface area contributed by atoms with Gasteiger partial charge in [-0.1, -0.05) is 116 Å². The summed E-state index contributed by atoms with van der Waals surface area (Å²) in [7, 11) is 0. The molecule has 0 bridgehead atoms. The summed E-state index contributed by atoms with van der Waals surface area (Å²) in [4.78, 5) is 95.1. The van der Waals surface area contributed by atoms with E-state index >= 15 is 0 Å². The van der Waals surface area contributed by atoms with Gasteiger partial charge in [-0.3, -0.25) is 34.3 Å². The number of anilines is 1. The molecule has 5 aromatic rings. The molecule has 0 aliphatic heterocycles. The number of phenols is 1. The number of benzene rings is 5. The summed E-state index contributed by atoms with van der Waals surface area (Å²) in [6.07, 6.45) is 1.66. The average molecular weight is 1130 g/mol. The molecule has 82 heavy (non-hydrogen) atoms. The highest BCUT2D eigenvalue weighted by atomic mass is 16.6. The molecule has 0 aliphatic rings.